The largest absolute Gasteiger partial charge is 0.396 e. The maximum Gasteiger partial charge on any atom is 0.0431 e. The van der Waals surface area contributed by atoms with Crippen LogP contribution in [0.1, 0.15) is 12.8 Å². The third-order valence-electron chi connectivity index (χ3n) is 0.408. The molecular weight excluding hydrogens is 261 g/mol. The van der Waals surface area contributed by atoms with Crippen molar-refractivity contribution in [1.82, 2.24) is 0 Å². The van der Waals surface area contributed by atoms with Gasteiger partial charge in [-0.1, -0.05) is 13.3 Å². The fraction of sp³-hybridized carbons (Fsp3) is 0.750. The molecule has 0 fully saturated rings. The zero-order chi connectivity index (χ0) is 4.12. The van der Waals surface area contributed by atoms with Crippen molar-refractivity contribution in [3.63, 3.8) is 0 Å². The first kappa shape index (κ1) is 9.85. The summed E-state index contributed by atoms with van der Waals surface area (Å²) in [5.41, 5.74) is 0. The van der Waals surface area contributed by atoms with Crippen LogP contribution in [0.3, 0.4) is 0 Å². The summed E-state index contributed by atoms with van der Waals surface area (Å²) in [6.45, 7) is 3.80. The Morgan fingerprint density at radius 2 is 2.00 bits per heavy atom. The van der Waals surface area contributed by atoms with Crippen LogP contribution in [0.5, 0.6) is 0 Å². The predicted octanol–water partition coefficient (Wildman–Crippen LogP) is 0.590. The number of hydrogen-bond donors (Lipinski definition) is 1. The maximum absolute atomic E-state index is 8.03. The van der Waals surface area contributed by atoms with Crippen molar-refractivity contribution < 1.29 is 27.5 Å². The van der Waals surface area contributed by atoms with Gasteiger partial charge in [0.2, 0.25) is 0 Å². The van der Waals surface area contributed by atoms with Crippen LogP contribution in [0.4, 0.5) is 0 Å². The van der Waals surface area contributed by atoms with Gasteiger partial charge >= 0.3 is 0 Å². The third-order valence-corrected chi connectivity index (χ3v) is 0.408. The molecule has 1 N–H and O–H groups in total. The van der Waals surface area contributed by atoms with Crippen molar-refractivity contribution in [3.05, 3.63) is 6.92 Å². The molecule has 0 spiro atoms. The van der Waals surface area contributed by atoms with Gasteiger partial charge in [0.1, 0.15) is 0 Å². The molecular formula is C4H9AuO. The van der Waals surface area contributed by atoms with Gasteiger partial charge in [-0.25, -0.2) is 0 Å². The minimum Gasteiger partial charge on any atom is -0.396 e. The van der Waals surface area contributed by atoms with Crippen molar-refractivity contribution in [2.75, 3.05) is 6.61 Å². The van der Waals surface area contributed by atoms with Crippen LogP contribution >= 0.6 is 0 Å². The van der Waals surface area contributed by atoms with Crippen LogP contribution in [-0.2, 0) is 22.4 Å². The molecule has 2 heteroatoms. The average molecular weight is 270 g/mol. The van der Waals surface area contributed by atoms with Crippen molar-refractivity contribution in [2.45, 2.75) is 12.8 Å². The number of unbranched alkanes of at least 4 members (excludes halogenated alkanes) is 1. The fourth-order valence-electron chi connectivity index (χ4n) is 0.112. The molecule has 0 bridgehead atoms. The Balaban J connectivity index is 0. The van der Waals surface area contributed by atoms with E-state index in [2.05, 4.69) is 6.92 Å². The van der Waals surface area contributed by atoms with Crippen molar-refractivity contribution >= 4 is 0 Å². The van der Waals surface area contributed by atoms with Gasteiger partial charge in [-0.2, -0.15) is 0 Å². The van der Waals surface area contributed by atoms with E-state index in [1.807, 2.05) is 0 Å². The molecule has 0 saturated heterocycles. The zero-order valence-corrected chi connectivity index (χ0v) is 5.74. The van der Waals surface area contributed by atoms with Crippen LogP contribution in [-0.4, -0.2) is 11.7 Å². The number of hydrogen-bond acceptors (Lipinski definition) is 1. The molecule has 0 aliphatic rings. The molecule has 0 aliphatic carbocycles. The molecule has 0 aliphatic heterocycles. The summed E-state index contributed by atoms with van der Waals surface area (Å²) in [6, 6.07) is 0. The van der Waals surface area contributed by atoms with E-state index in [1.165, 1.54) is 0 Å². The van der Waals surface area contributed by atoms with E-state index in [0.717, 1.165) is 12.8 Å². The van der Waals surface area contributed by atoms with Gasteiger partial charge in [0.05, 0.1) is 0 Å². The van der Waals surface area contributed by atoms with Gasteiger partial charge < -0.3 is 5.11 Å². The monoisotopic (exact) mass is 270 g/mol. The molecule has 0 aromatic carbocycles. The Hall–Kier alpha value is 0.700. The molecule has 0 rings (SSSR count). The third kappa shape index (κ3) is 8.83. The van der Waals surface area contributed by atoms with Gasteiger partial charge in [0.15, 0.2) is 0 Å². The molecule has 6 heavy (non-hydrogen) atoms. The minimum atomic E-state index is 0. The second-order valence-corrected chi connectivity index (χ2v) is 0.931. The second-order valence-electron chi connectivity index (χ2n) is 0.931. The molecule has 0 amide bonds. The minimum absolute atomic E-state index is 0. The molecule has 0 saturated carbocycles. The Bertz CT molecular complexity index is 15.0. The summed E-state index contributed by atoms with van der Waals surface area (Å²) in [4.78, 5) is 0. The van der Waals surface area contributed by atoms with E-state index >= 15 is 0 Å². The van der Waals surface area contributed by atoms with Crippen molar-refractivity contribution in [3.8, 4) is 0 Å². The SMILES string of the molecule is [Au].[CH2]CCCO. The average Bonchev–Trinajstić information content (AvgIpc) is 1.41. The van der Waals surface area contributed by atoms with Gasteiger partial charge in [-0.3, -0.25) is 0 Å². The molecule has 0 aromatic heterocycles. The molecule has 0 aromatic rings. The summed E-state index contributed by atoms with van der Waals surface area (Å²) in [5, 5.41) is 8.03. The summed E-state index contributed by atoms with van der Waals surface area (Å²) < 4.78 is 0. The van der Waals surface area contributed by atoms with E-state index in [9.17, 15) is 0 Å². The Labute approximate surface area is 54.3 Å². The van der Waals surface area contributed by atoms with Crippen LogP contribution in [0.25, 0.3) is 0 Å². The molecule has 42 valence electrons. The van der Waals surface area contributed by atoms with Gasteiger partial charge in [-0.15, -0.1) is 0 Å². The number of aliphatic hydroxyl groups is 1. The smallest absolute Gasteiger partial charge is 0.0431 e. The van der Waals surface area contributed by atoms with Crippen LogP contribution in [0, 0.1) is 6.92 Å². The predicted molar refractivity (Wildman–Crippen MR) is 21.7 cm³/mol. The van der Waals surface area contributed by atoms with Crippen LogP contribution in [0.2, 0.25) is 0 Å². The fourth-order valence-corrected chi connectivity index (χ4v) is 0.112. The molecule has 0 atom stereocenters. The summed E-state index contributed by atoms with van der Waals surface area (Å²) in [7, 11) is 0. The topological polar surface area (TPSA) is 20.2 Å². The van der Waals surface area contributed by atoms with Crippen molar-refractivity contribution in [2.24, 2.45) is 0 Å². The molecule has 1 nitrogen and oxygen atoms in total. The summed E-state index contributed by atoms with van der Waals surface area (Å²) >= 11 is 0. The molecule has 2 radical (unpaired) electrons. The number of rotatable bonds is 2. The maximum atomic E-state index is 8.03. The summed E-state index contributed by atoms with van der Waals surface area (Å²) in [5.74, 6) is 0. The van der Waals surface area contributed by atoms with Crippen molar-refractivity contribution in [1.29, 1.82) is 0 Å². The normalized spacial score (nSPS) is 7.00. The standard InChI is InChI=1S/C4H9O.Au/c1-2-3-4-5;/h5H,1-4H2;. The van der Waals surface area contributed by atoms with E-state index < -0.39 is 0 Å². The van der Waals surface area contributed by atoms with E-state index in [0.29, 0.717) is 0 Å². The number of aliphatic hydroxyl groups excluding tert-OH is 1. The second kappa shape index (κ2) is 9.20. The Kier molecular flexibility index (Phi) is 15.1. The summed E-state index contributed by atoms with van der Waals surface area (Å²) in [6.07, 6.45) is 1.68. The van der Waals surface area contributed by atoms with Gasteiger partial charge in [0, 0.05) is 29.0 Å². The van der Waals surface area contributed by atoms with Crippen LogP contribution < -0.4 is 0 Å². The molecule has 0 unspecified atom stereocenters. The quantitative estimate of drug-likeness (QED) is 0.728. The zero-order valence-electron chi connectivity index (χ0n) is 3.58. The van der Waals surface area contributed by atoms with E-state index in [4.69, 9.17) is 5.11 Å². The Morgan fingerprint density at radius 3 is 2.00 bits per heavy atom. The van der Waals surface area contributed by atoms with Gasteiger partial charge in [-0.05, 0) is 6.42 Å². The van der Waals surface area contributed by atoms with E-state index in [1.54, 1.807) is 0 Å². The first-order valence-electron chi connectivity index (χ1n) is 1.82. The first-order chi connectivity index (χ1) is 2.41. The van der Waals surface area contributed by atoms with Gasteiger partial charge in [0.25, 0.3) is 0 Å². The van der Waals surface area contributed by atoms with E-state index in [-0.39, 0.29) is 29.0 Å². The first-order valence-corrected chi connectivity index (χ1v) is 1.82. The Morgan fingerprint density at radius 1 is 1.50 bits per heavy atom. The molecule has 0 heterocycles. The van der Waals surface area contributed by atoms with Crippen LogP contribution in [0.15, 0.2) is 0 Å².